The topological polar surface area (TPSA) is 49.7 Å². The fourth-order valence-corrected chi connectivity index (χ4v) is 4.82. The van der Waals surface area contributed by atoms with Gasteiger partial charge in [-0.05, 0) is 37.1 Å². The van der Waals surface area contributed by atoms with Gasteiger partial charge < -0.3 is 0 Å². The number of benzene rings is 3. The highest BCUT2D eigenvalue weighted by Crippen LogP contribution is 2.37. The first-order chi connectivity index (χ1) is 13.4. The van der Waals surface area contributed by atoms with Crippen LogP contribution in [0.1, 0.15) is 34.7 Å². The van der Waals surface area contributed by atoms with Gasteiger partial charge in [-0.3, -0.25) is 0 Å². The van der Waals surface area contributed by atoms with E-state index in [1.165, 1.54) is 4.41 Å². The molecule has 4 rings (SSSR count). The zero-order valence-corrected chi connectivity index (χ0v) is 16.7. The van der Waals surface area contributed by atoms with E-state index in [9.17, 15) is 8.42 Å². The highest BCUT2D eigenvalue weighted by Gasteiger charge is 2.37. The molecule has 1 aliphatic rings. The third-order valence-corrected chi connectivity index (χ3v) is 6.70. The normalized spacial score (nSPS) is 16.9. The van der Waals surface area contributed by atoms with E-state index >= 15 is 0 Å². The van der Waals surface area contributed by atoms with Gasteiger partial charge in [-0.15, -0.1) is 0 Å². The molecule has 0 bridgehead atoms. The molecule has 0 spiro atoms. The van der Waals surface area contributed by atoms with Crippen LogP contribution in [-0.4, -0.2) is 18.5 Å². The molecular weight excluding hydrogens is 368 g/mol. The van der Waals surface area contributed by atoms with Gasteiger partial charge in [0.2, 0.25) is 0 Å². The zero-order valence-electron chi connectivity index (χ0n) is 15.9. The number of hydrogen-bond acceptors (Lipinski definition) is 3. The first kappa shape index (κ1) is 18.4. The Bertz CT molecular complexity index is 1100. The van der Waals surface area contributed by atoms with Gasteiger partial charge in [0.25, 0.3) is 10.0 Å². The number of hydrazone groups is 1. The number of nitrogens with zero attached hydrogens (tertiary/aromatic N) is 2. The van der Waals surface area contributed by atoms with Crippen LogP contribution in [-0.2, 0) is 10.0 Å². The van der Waals surface area contributed by atoms with E-state index in [0.717, 1.165) is 28.0 Å². The maximum atomic E-state index is 13.3. The van der Waals surface area contributed by atoms with Gasteiger partial charge in [-0.25, -0.2) is 0 Å². The van der Waals surface area contributed by atoms with Crippen molar-refractivity contribution in [1.29, 1.82) is 0 Å². The van der Waals surface area contributed by atoms with E-state index in [0.29, 0.717) is 6.42 Å². The molecule has 0 aliphatic carbocycles. The summed E-state index contributed by atoms with van der Waals surface area (Å²) >= 11 is 0. The second kappa shape index (κ2) is 7.24. The molecular formula is C23H22N2O2S. The first-order valence-corrected chi connectivity index (χ1v) is 10.7. The third-order valence-electron chi connectivity index (χ3n) is 5.01. The molecule has 0 fully saturated rings. The molecule has 142 valence electrons. The molecule has 0 saturated heterocycles. The average Bonchev–Trinajstić information content (AvgIpc) is 3.16. The van der Waals surface area contributed by atoms with Crippen LogP contribution in [0.5, 0.6) is 0 Å². The maximum Gasteiger partial charge on any atom is 0.279 e. The number of sulfonamides is 1. The standard InChI is InChI=1S/C23H22N2O2S/c1-17-8-12-19(13-9-17)22-16-23(20-14-10-18(2)11-15-20)25(24-22)28(26,27)21-6-4-3-5-7-21/h3-15,23H,16H2,1-2H3/t23-/m1/s1. The lowest BCUT2D eigenvalue weighted by Crippen LogP contribution is -2.27. The molecule has 5 heteroatoms. The van der Waals surface area contributed by atoms with Crippen molar-refractivity contribution in [3.05, 3.63) is 101 Å². The Balaban J connectivity index is 1.79. The van der Waals surface area contributed by atoms with Gasteiger partial charge in [0.15, 0.2) is 0 Å². The molecule has 0 amide bonds. The minimum absolute atomic E-state index is 0.251. The molecule has 0 aromatic heterocycles. The predicted octanol–water partition coefficient (Wildman–Crippen LogP) is 4.84. The minimum Gasteiger partial charge on any atom is -0.200 e. The lowest BCUT2D eigenvalue weighted by molar-refractivity contribution is 0.371. The van der Waals surface area contributed by atoms with Crippen LogP contribution in [0.4, 0.5) is 0 Å². The van der Waals surface area contributed by atoms with Gasteiger partial charge in [0.05, 0.1) is 16.6 Å². The predicted molar refractivity (Wildman–Crippen MR) is 112 cm³/mol. The van der Waals surface area contributed by atoms with Crippen molar-refractivity contribution in [3.63, 3.8) is 0 Å². The Hall–Kier alpha value is -2.92. The van der Waals surface area contributed by atoms with E-state index in [4.69, 9.17) is 0 Å². The molecule has 0 radical (unpaired) electrons. The molecule has 28 heavy (non-hydrogen) atoms. The van der Waals surface area contributed by atoms with Crippen molar-refractivity contribution in [3.8, 4) is 0 Å². The number of rotatable bonds is 4. The fraction of sp³-hybridized carbons (Fsp3) is 0.174. The molecule has 0 N–H and O–H groups in total. The zero-order chi connectivity index (χ0) is 19.7. The van der Waals surface area contributed by atoms with Gasteiger partial charge in [-0.1, -0.05) is 77.9 Å². The van der Waals surface area contributed by atoms with E-state index < -0.39 is 10.0 Å². The highest BCUT2D eigenvalue weighted by atomic mass is 32.2. The van der Waals surface area contributed by atoms with Crippen LogP contribution in [0.3, 0.4) is 0 Å². The van der Waals surface area contributed by atoms with E-state index in [1.807, 2.05) is 68.4 Å². The molecule has 1 heterocycles. The van der Waals surface area contributed by atoms with Crippen LogP contribution < -0.4 is 0 Å². The summed E-state index contributed by atoms with van der Waals surface area (Å²) in [6, 6.07) is 24.2. The largest absolute Gasteiger partial charge is 0.279 e. The summed E-state index contributed by atoms with van der Waals surface area (Å²) in [5.74, 6) is 0. The molecule has 0 unspecified atom stereocenters. The summed E-state index contributed by atoms with van der Waals surface area (Å²) in [5, 5.41) is 4.58. The SMILES string of the molecule is Cc1ccc(C2=NN(S(=O)(=O)c3ccccc3)[C@@H](c3ccc(C)cc3)C2)cc1. The van der Waals surface area contributed by atoms with Crippen LogP contribution in [0.25, 0.3) is 0 Å². The summed E-state index contributed by atoms with van der Waals surface area (Å²) < 4.78 is 27.9. The Labute approximate surface area is 166 Å². The summed E-state index contributed by atoms with van der Waals surface area (Å²) in [6.07, 6.45) is 0.540. The lowest BCUT2D eigenvalue weighted by atomic mass is 9.98. The van der Waals surface area contributed by atoms with Gasteiger partial charge in [0, 0.05) is 6.42 Å². The average molecular weight is 391 g/mol. The molecule has 1 atom stereocenters. The minimum atomic E-state index is -3.75. The second-order valence-electron chi connectivity index (χ2n) is 7.13. The van der Waals surface area contributed by atoms with Crippen LogP contribution >= 0.6 is 0 Å². The highest BCUT2D eigenvalue weighted by molar-refractivity contribution is 7.89. The van der Waals surface area contributed by atoms with Gasteiger partial charge >= 0.3 is 0 Å². The first-order valence-electron chi connectivity index (χ1n) is 9.26. The van der Waals surface area contributed by atoms with Crippen LogP contribution in [0.2, 0.25) is 0 Å². The maximum absolute atomic E-state index is 13.3. The quantitative estimate of drug-likeness (QED) is 0.640. The van der Waals surface area contributed by atoms with Crippen LogP contribution in [0.15, 0.2) is 88.9 Å². The molecule has 4 nitrogen and oxygen atoms in total. The monoisotopic (exact) mass is 390 g/mol. The number of aryl methyl sites for hydroxylation is 2. The Morgan fingerprint density at radius 2 is 1.39 bits per heavy atom. The van der Waals surface area contributed by atoms with Crippen molar-refractivity contribution < 1.29 is 8.42 Å². The smallest absolute Gasteiger partial charge is 0.200 e. The Morgan fingerprint density at radius 1 is 0.821 bits per heavy atom. The van der Waals surface area contributed by atoms with Crippen LogP contribution in [0, 0.1) is 13.8 Å². The summed E-state index contributed by atoms with van der Waals surface area (Å²) in [5.41, 5.74) is 4.97. The Kier molecular flexibility index (Phi) is 4.77. The number of hydrogen-bond donors (Lipinski definition) is 0. The molecule has 0 saturated carbocycles. The summed E-state index contributed by atoms with van der Waals surface area (Å²) in [4.78, 5) is 0.251. The van der Waals surface area contributed by atoms with Gasteiger partial charge in [-0.2, -0.15) is 17.9 Å². The Morgan fingerprint density at radius 3 is 2.00 bits per heavy atom. The molecule has 3 aromatic carbocycles. The van der Waals surface area contributed by atoms with E-state index in [1.54, 1.807) is 24.3 Å². The van der Waals surface area contributed by atoms with E-state index in [-0.39, 0.29) is 10.9 Å². The van der Waals surface area contributed by atoms with Crippen molar-refractivity contribution >= 4 is 15.7 Å². The van der Waals surface area contributed by atoms with Crippen molar-refractivity contribution in [1.82, 2.24) is 4.41 Å². The lowest BCUT2D eigenvalue weighted by Gasteiger charge is -2.23. The summed E-state index contributed by atoms with van der Waals surface area (Å²) in [7, 11) is -3.75. The van der Waals surface area contributed by atoms with Crippen molar-refractivity contribution in [2.24, 2.45) is 5.10 Å². The second-order valence-corrected chi connectivity index (χ2v) is 8.93. The summed E-state index contributed by atoms with van der Waals surface area (Å²) in [6.45, 7) is 4.05. The third kappa shape index (κ3) is 3.45. The van der Waals surface area contributed by atoms with Crippen molar-refractivity contribution in [2.45, 2.75) is 31.2 Å². The molecule has 1 aliphatic heterocycles. The van der Waals surface area contributed by atoms with E-state index in [2.05, 4.69) is 5.10 Å². The van der Waals surface area contributed by atoms with Gasteiger partial charge in [0.1, 0.15) is 0 Å². The van der Waals surface area contributed by atoms with Crippen molar-refractivity contribution in [2.75, 3.05) is 0 Å². The fourth-order valence-electron chi connectivity index (χ4n) is 3.37. The molecule has 3 aromatic rings.